The Labute approximate surface area is 122 Å². The zero-order valence-corrected chi connectivity index (χ0v) is 13.0. The Balaban J connectivity index is 3.86. The van der Waals surface area contributed by atoms with E-state index in [1.807, 2.05) is 6.92 Å². The van der Waals surface area contributed by atoms with E-state index in [0.717, 1.165) is 19.3 Å². The smallest absolute Gasteiger partial charge is 0.306 e. The zero-order chi connectivity index (χ0) is 15.4. The molecule has 0 aliphatic heterocycles. The van der Waals surface area contributed by atoms with E-state index in [2.05, 4.69) is 19.6 Å². The highest BCUT2D eigenvalue weighted by Gasteiger charge is 2.03. The van der Waals surface area contributed by atoms with Gasteiger partial charge in [-0.2, -0.15) is 0 Å². The Bertz CT molecular complexity index is 367. The van der Waals surface area contributed by atoms with Crippen LogP contribution in [0, 0.1) is 0 Å². The summed E-state index contributed by atoms with van der Waals surface area (Å²) in [5, 5.41) is 0. The molecule has 3 heteroatoms. The maximum atomic E-state index is 13.4. The third kappa shape index (κ3) is 11.7. The highest BCUT2D eigenvalue weighted by atomic mass is 19.1. The van der Waals surface area contributed by atoms with E-state index in [-0.39, 0.29) is 24.6 Å². The van der Waals surface area contributed by atoms with Crippen molar-refractivity contribution in [1.29, 1.82) is 0 Å². The molecule has 2 nitrogen and oxygen atoms in total. The lowest BCUT2D eigenvalue weighted by Gasteiger charge is -2.01. The van der Waals surface area contributed by atoms with E-state index in [1.54, 1.807) is 13.0 Å². The highest BCUT2D eigenvalue weighted by molar-refractivity contribution is 5.69. The number of carbonyl (C=O) groups excluding carboxylic acids is 1. The lowest BCUT2D eigenvalue weighted by Crippen LogP contribution is -2.03. The van der Waals surface area contributed by atoms with Gasteiger partial charge in [0.15, 0.2) is 0 Å². The van der Waals surface area contributed by atoms with E-state index in [9.17, 15) is 9.18 Å². The lowest BCUT2D eigenvalue weighted by molar-refractivity contribution is -0.143. The van der Waals surface area contributed by atoms with Gasteiger partial charge in [-0.25, -0.2) is 4.39 Å². The molecule has 0 amide bonds. The molecule has 0 aliphatic carbocycles. The van der Waals surface area contributed by atoms with Gasteiger partial charge in [0.25, 0.3) is 0 Å². The van der Waals surface area contributed by atoms with Gasteiger partial charge in [-0.15, -0.1) is 6.58 Å². The number of carbonyl (C=O) groups is 1. The molecule has 0 aliphatic rings. The molecule has 0 atom stereocenters. The number of halogens is 1. The topological polar surface area (TPSA) is 26.3 Å². The van der Waals surface area contributed by atoms with E-state index in [4.69, 9.17) is 4.74 Å². The molecule has 114 valence electrons. The predicted molar refractivity (Wildman–Crippen MR) is 82.1 cm³/mol. The summed E-state index contributed by atoms with van der Waals surface area (Å²) >= 11 is 0. The number of rotatable bonds is 10. The zero-order valence-electron chi connectivity index (χ0n) is 13.0. The second kappa shape index (κ2) is 11.4. The van der Waals surface area contributed by atoms with Crippen LogP contribution in [0.15, 0.2) is 35.7 Å². The number of esters is 1. The summed E-state index contributed by atoms with van der Waals surface area (Å²) in [6, 6.07) is 0. The third-order valence-corrected chi connectivity index (χ3v) is 2.84. The number of hydrogen-bond donors (Lipinski definition) is 0. The fourth-order valence-electron chi connectivity index (χ4n) is 1.68. The predicted octanol–water partition coefficient (Wildman–Crippen LogP) is 5.27. The Morgan fingerprint density at radius 2 is 1.75 bits per heavy atom. The van der Waals surface area contributed by atoms with Gasteiger partial charge in [0.1, 0.15) is 0 Å². The second-order valence-electron chi connectivity index (χ2n) is 5.04. The van der Waals surface area contributed by atoms with Crippen molar-refractivity contribution in [1.82, 2.24) is 0 Å². The molecule has 0 aromatic heterocycles. The van der Waals surface area contributed by atoms with Crippen LogP contribution >= 0.6 is 0 Å². The minimum atomic E-state index is -0.341. The van der Waals surface area contributed by atoms with Crippen LogP contribution in [-0.4, -0.2) is 12.6 Å². The van der Waals surface area contributed by atoms with Gasteiger partial charge in [0.2, 0.25) is 0 Å². The summed E-state index contributed by atoms with van der Waals surface area (Å²) in [6.45, 7) is 10.0. The second-order valence-corrected chi connectivity index (χ2v) is 5.04. The molecule has 0 saturated heterocycles. The average molecular weight is 282 g/mol. The molecule has 0 N–H and O–H groups in total. The van der Waals surface area contributed by atoms with E-state index >= 15 is 0 Å². The Kier molecular flexibility index (Phi) is 10.7. The molecule has 0 aromatic rings. The molecule has 0 aromatic carbocycles. The van der Waals surface area contributed by atoms with Gasteiger partial charge in [-0.1, -0.05) is 23.3 Å². The SMILES string of the molecule is C=C(C)CC/C=C(\C)CC/C=C(\F)CCC(=O)OCC. The number of ether oxygens (including phenoxy) is 1. The molecule has 0 unspecified atom stereocenters. The summed E-state index contributed by atoms with van der Waals surface area (Å²) in [5.74, 6) is -0.570. The van der Waals surface area contributed by atoms with Crippen LogP contribution in [0.5, 0.6) is 0 Å². The molecule has 20 heavy (non-hydrogen) atoms. The number of hydrogen-bond acceptors (Lipinski definition) is 2. The monoisotopic (exact) mass is 282 g/mol. The van der Waals surface area contributed by atoms with Crippen molar-refractivity contribution in [2.75, 3.05) is 6.61 Å². The van der Waals surface area contributed by atoms with Crippen molar-refractivity contribution in [3.8, 4) is 0 Å². The van der Waals surface area contributed by atoms with E-state index in [0.29, 0.717) is 13.0 Å². The van der Waals surface area contributed by atoms with Crippen molar-refractivity contribution in [3.63, 3.8) is 0 Å². The van der Waals surface area contributed by atoms with Crippen LogP contribution in [0.4, 0.5) is 4.39 Å². The molecule has 0 saturated carbocycles. The quantitative estimate of drug-likeness (QED) is 0.403. The minimum Gasteiger partial charge on any atom is -0.466 e. The van der Waals surface area contributed by atoms with E-state index < -0.39 is 0 Å². The van der Waals surface area contributed by atoms with Crippen LogP contribution in [0.25, 0.3) is 0 Å². The Hall–Kier alpha value is -1.38. The van der Waals surface area contributed by atoms with Crippen molar-refractivity contribution >= 4 is 5.97 Å². The molecule has 0 radical (unpaired) electrons. The first-order valence-electron chi connectivity index (χ1n) is 7.25. The van der Waals surface area contributed by atoms with Gasteiger partial charge in [0.05, 0.1) is 18.9 Å². The van der Waals surface area contributed by atoms with E-state index in [1.165, 1.54) is 11.1 Å². The van der Waals surface area contributed by atoms with Crippen LogP contribution < -0.4 is 0 Å². The van der Waals surface area contributed by atoms with Crippen molar-refractivity contribution < 1.29 is 13.9 Å². The minimum absolute atomic E-state index is 0.115. The largest absolute Gasteiger partial charge is 0.466 e. The molecule has 0 heterocycles. The van der Waals surface area contributed by atoms with Crippen molar-refractivity contribution in [3.05, 3.63) is 35.7 Å². The molecule has 0 bridgehead atoms. The molecule has 0 spiro atoms. The van der Waals surface area contributed by atoms with Gasteiger partial charge in [0, 0.05) is 6.42 Å². The van der Waals surface area contributed by atoms with Gasteiger partial charge >= 0.3 is 5.97 Å². The first-order chi connectivity index (χ1) is 9.45. The lowest BCUT2D eigenvalue weighted by atomic mass is 10.1. The molecule has 0 rings (SSSR count). The summed E-state index contributed by atoms with van der Waals surface area (Å²) < 4.78 is 18.2. The summed E-state index contributed by atoms with van der Waals surface area (Å²) in [6.07, 6.45) is 7.51. The number of allylic oxidation sites excluding steroid dienone is 5. The maximum absolute atomic E-state index is 13.4. The van der Waals surface area contributed by atoms with Gasteiger partial charge < -0.3 is 4.74 Å². The maximum Gasteiger partial charge on any atom is 0.306 e. The molecular formula is C17H27FO2. The first-order valence-corrected chi connectivity index (χ1v) is 7.25. The average Bonchev–Trinajstić information content (AvgIpc) is 2.36. The fraction of sp³-hybridized carbons (Fsp3) is 0.588. The third-order valence-electron chi connectivity index (χ3n) is 2.84. The van der Waals surface area contributed by atoms with Gasteiger partial charge in [-0.05, 0) is 46.5 Å². The van der Waals surface area contributed by atoms with Crippen molar-refractivity contribution in [2.45, 2.75) is 59.3 Å². The summed E-state index contributed by atoms with van der Waals surface area (Å²) in [4.78, 5) is 11.1. The Morgan fingerprint density at radius 3 is 2.35 bits per heavy atom. The first kappa shape index (κ1) is 18.6. The van der Waals surface area contributed by atoms with Crippen LogP contribution in [-0.2, 0) is 9.53 Å². The summed E-state index contributed by atoms with van der Waals surface area (Å²) in [7, 11) is 0. The molecule has 0 fully saturated rings. The van der Waals surface area contributed by atoms with Crippen LogP contribution in [0.1, 0.15) is 59.3 Å². The fourth-order valence-corrected chi connectivity index (χ4v) is 1.68. The Morgan fingerprint density at radius 1 is 1.10 bits per heavy atom. The van der Waals surface area contributed by atoms with Crippen molar-refractivity contribution in [2.24, 2.45) is 0 Å². The van der Waals surface area contributed by atoms with Crippen LogP contribution in [0.2, 0.25) is 0 Å². The summed E-state index contributed by atoms with van der Waals surface area (Å²) in [5.41, 5.74) is 2.44. The molecular weight excluding hydrogens is 255 g/mol. The highest BCUT2D eigenvalue weighted by Crippen LogP contribution is 2.13. The van der Waals surface area contributed by atoms with Gasteiger partial charge in [-0.3, -0.25) is 4.79 Å². The normalized spacial score (nSPS) is 12.4. The van der Waals surface area contributed by atoms with Crippen LogP contribution in [0.3, 0.4) is 0 Å². The standard InChI is InChI=1S/C17H27FO2/c1-5-20-17(19)13-12-16(18)11-7-10-15(4)9-6-8-14(2)3/h9,11H,2,5-8,10,12-13H2,1,3-4H3/b15-9+,16-11-.